The van der Waals surface area contributed by atoms with Crippen molar-refractivity contribution in [1.82, 2.24) is 4.90 Å². The topological polar surface area (TPSA) is 52.7 Å². The van der Waals surface area contributed by atoms with Crippen molar-refractivity contribution in [2.75, 3.05) is 36.4 Å². The van der Waals surface area contributed by atoms with Crippen molar-refractivity contribution in [2.45, 2.75) is 46.5 Å². The summed E-state index contributed by atoms with van der Waals surface area (Å²) in [5.74, 6) is 0.231. The predicted octanol–water partition coefficient (Wildman–Crippen LogP) is 6.57. The van der Waals surface area contributed by atoms with Crippen LogP contribution >= 0.6 is 0 Å². The zero-order valence-electron chi connectivity index (χ0n) is 23.2. The number of rotatable bonds is 8. The van der Waals surface area contributed by atoms with E-state index in [-0.39, 0.29) is 23.1 Å². The average molecular weight is 512 g/mol. The number of carbonyl (C=O) groups excluding carboxylic acids is 2. The maximum Gasteiger partial charge on any atom is 0.236 e. The minimum absolute atomic E-state index is 0.0528. The maximum absolute atomic E-state index is 13.4. The Kier molecular flexibility index (Phi) is 8.88. The van der Waals surface area contributed by atoms with Crippen LogP contribution < -0.4 is 10.2 Å². The van der Waals surface area contributed by atoms with Crippen LogP contribution in [0, 0.1) is 11.3 Å². The van der Waals surface area contributed by atoms with E-state index >= 15 is 0 Å². The van der Waals surface area contributed by atoms with Crippen LogP contribution in [0.1, 0.15) is 57.6 Å². The Labute approximate surface area is 227 Å². The highest BCUT2D eigenvalue weighted by Gasteiger charge is 2.25. The molecular weight excluding hydrogens is 470 g/mol. The predicted molar refractivity (Wildman–Crippen MR) is 156 cm³/mol. The number of nitrogens with zero attached hydrogens (tertiary/aromatic N) is 2. The summed E-state index contributed by atoms with van der Waals surface area (Å²) in [5.41, 5.74) is 4.06. The van der Waals surface area contributed by atoms with Crippen molar-refractivity contribution in [1.29, 1.82) is 0 Å². The van der Waals surface area contributed by atoms with Crippen molar-refractivity contribution in [2.24, 2.45) is 11.3 Å². The van der Waals surface area contributed by atoms with Crippen LogP contribution in [0.2, 0.25) is 0 Å². The summed E-state index contributed by atoms with van der Waals surface area (Å²) in [4.78, 5) is 30.5. The lowest BCUT2D eigenvalue weighted by atomic mass is 9.84. The third kappa shape index (κ3) is 7.47. The molecule has 0 radical (unpaired) electrons. The molecule has 0 aromatic heterocycles. The summed E-state index contributed by atoms with van der Waals surface area (Å²) in [6, 6.07) is 27.8. The molecule has 1 atom stereocenters. The van der Waals surface area contributed by atoms with Crippen LogP contribution in [0.4, 0.5) is 11.4 Å². The van der Waals surface area contributed by atoms with Crippen LogP contribution in [0.3, 0.4) is 0 Å². The van der Waals surface area contributed by atoms with Crippen molar-refractivity contribution in [3.63, 3.8) is 0 Å². The van der Waals surface area contributed by atoms with Gasteiger partial charge in [-0.2, -0.15) is 0 Å². The second-order valence-corrected chi connectivity index (χ2v) is 11.7. The molecule has 0 aliphatic carbocycles. The number of carbonyl (C=O) groups is 2. The van der Waals surface area contributed by atoms with Gasteiger partial charge in [-0.3, -0.25) is 9.59 Å². The number of hydrogen-bond acceptors (Lipinski definition) is 3. The molecule has 5 heteroatoms. The molecule has 3 aromatic carbocycles. The molecule has 1 unspecified atom stereocenters. The molecule has 3 aromatic rings. The Bertz CT molecular complexity index is 1140. The van der Waals surface area contributed by atoms with E-state index in [0.29, 0.717) is 12.3 Å². The Morgan fingerprint density at radius 2 is 1.32 bits per heavy atom. The third-order valence-corrected chi connectivity index (χ3v) is 7.14. The molecule has 200 valence electrons. The Morgan fingerprint density at radius 3 is 1.82 bits per heavy atom. The zero-order chi connectivity index (χ0) is 27.1. The third-order valence-electron chi connectivity index (χ3n) is 7.14. The summed E-state index contributed by atoms with van der Waals surface area (Å²) in [6.45, 7) is 12.0. The molecule has 0 spiro atoms. The lowest BCUT2D eigenvalue weighted by Gasteiger charge is -2.37. The fraction of sp³-hybridized carbons (Fsp3) is 0.394. The first-order valence-corrected chi connectivity index (χ1v) is 13.7. The van der Waals surface area contributed by atoms with E-state index in [1.807, 2.05) is 77.7 Å². The quantitative estimate of drug-likeness (QED) is 0.372. The maximum atomic E-state index is 13.4. The number of hydrogen-bond donors (Lipinski definition) is 1. The molecule has 38 heavy (non-hydrogen) atoms. The number of nitrogens with one attached hydrogen (secondary N) is 1. The van der Waals surface area contributed by atoms with E-state index in [4.69, 9.17) is 0 Å². The molecule has 2 amide bonds. The van der Waals surface area contributed by atoms with E-state index in [1.165, 1.54) is 0 Å². The summed E-state index contributed by atoms with van der Waals surface area (Å²) in [5, 5.41) is 3.11. The molecule has 1 saturated heterocycles. The number of anilines is 2. The van der Waals surface area contributed by atoms with Crippen LogP contribution in [0.5, 0.6) is 0 Å². The van der Waals surface area contributed by atoms with Gasteiger partial charge in [0.2, 0.25) is 11.8 Å². The lowest BCUT2D eigenvalue weighted by molar-refractivity contribution is -0.132. The lowest BCUT2D eigenvalue weighted by Crippen LogP contribution is -2.49. The highest BCUT2D eigenvalue weighted by Crippen LogP contribution is 2.28. The molecule has 1 aliphatic heterocycles. The summed E-state index contributed by atoms with van der Waals surface area (Å²) in [7, 11) is 0. The summed E-state index contributed by atoms with van der Waals surface area (Å²) < 4.78 is 0. The van der Waals surface area contributed by atoms with Crippen molar-refractivity contribution in [3.8, 4) is 0 Å². The smallest absolute Gasteiger partial charge is 0.236 e. The van der Waals surface area contributed by atoms with E-state index in [0.717, 1.165) is 55.1 Å². The van der Waals surface area contributed by atoms with Gasteiger partial charge in [0.25, 0.3) is 0 Å². The SMILES string of the molecule is CC(CC(=O)N1CCN(c2ccc(NC(=O)C(c3ccccc3)c3ccccc3)cc2)CC1)CC(C)(C)C. The molecule has 1 aliphatic rings. The van der Waals surface area contributed by atoms with Gasteiger partial charge in [0, 0.05) is 44.0 Å². The zero-order valence-corrected chi connectivity index (χ0v) is 23.2. The van der Waals surface area contributed by atoms with Gasteiger partial charge in [0.1, 0.15) is 0 Å². The Morgan fingerprint density at radius 1 is 0.789 bits per heavy atom. The minimum Gasteiger partial charge on any atom is -0.368 e. The normalized spacial score (nSPS) is 14.9. The largest absolute Gasteiger partial charge is 0.368 e. The number of piperazine rings is 1. The second kappa shape index (κ2) is 12.3. The number of amides is 2. The molecule has 1 N–H and O–H groups in total. The molecule has 1 heterocycles. The first kappa shape index (κ1) is 27.4. The molecule has 0 bridgehead atoms. The van der Waals surface area contributed by atoms with Crippen LogP contribution in [-0.2, 0) is 9.59 Å². The molecule has 4 rings (SSSR count). The second-order valence-electron chi connectivity index (χ2n) is 11.7. The number of benzene rings is 3. The van der Waals surface area contributed by atoms with Crippen LogP contribution in [-0.4, -0.2) is 42.9 Å². The summed E-state index contributed by atoms with van der Waals surface area (Å²) in [6.07, 6.45) is 1.68. The Hall–Kier alpha value is -3.60. The van der Waals surface area contributed by atoms with Gasteiger partial charge in [-0.1, -0.05) is 88.4 Å². The highest BCUT2D eigenvalue weighted by atomic mass is 16.2. The van der Waals surface area contributed by atoms with Gasteiger partial charge >= 0.3 is 0 Å². The van der Waals surface area contributed by atoms with E-state index in [9.17, 15) is 9.59 Å². The fourth-order valence-electron chi connectivity index (χ4n) is 5.51. The molecule has 1 fully saturated rings. The van der Waals surface area contributed by atoms with Crippen molar-refractivity contribution >= 4 is 23.2 Å². The first-order valence-electron chi connectivity index (χ1n) is 13.7. The monoisotopic (exact) mass is 511 g/mol. The molecular formula is C33H41N3O2. The van der Waals surface area contributed by atoms with Crippen molar-refractivity contribution in [3.05, 3.63) is 96.1 Å². The van der Waals surface area contributed by atoms with Gasteiger partial charge < -0.3 is 15.1 Å². The molecule has 0 saturated carbocycles. The van der Waals surface area contributed by atoms with Gasteiger partial charge in [-0.05, 0) is 53.1 Å². The minimum atomic E-state index is -0.381. The highest BCUT2D eigenvalue weighted by molar-refractivity contribution is 5.98. The standard InChI is InChI=1S/C33H41N3O2/c1-25(24-33(2,3)4)23-30(37)36-21-19-35(20-22-36)29-17-15-28(16-18-29)34-32(38)31(26-11-7-5-8-12-26)27-13-9-6-10-14-27/h5-18,25,31H,19-24H2,1-4H3,(H,34,38). The average Bonchev–Trinajstić information content (AvgIpc) is 2.89. The fourth-order valence-corrected chi connectivity index (χ4v) is 5.51. The Balaban J connectivity index is 1.34. The van der Waals surface area contributed by atoms with Gasteiger partial charge in [-0.25, -0.2) is 0 Å². The van der Waals surface area contributed by atoms with E-state index < -0.39 is 0 Å². The van der Waals surface area contributed by atoms with E-state index in [2.05, 4.69) is 50.0 Å². The van der Waals surface area contributed by atoms with E-state index in [1.54, 1.807) is 0 Å². The summed E-state index contributed by atoms with van der Waals surface area (Å²) >= 11 is 0. The van der Waals surface area contributed by atoms with Gasteiger partial charge in [0.05, 0.1) is 5.92 Å². The van der Waals surface area contributed by atoms with Crippen molar-refractivity contribution < 1.29 is 9.59 Å². The van der Waals surface area contributed by atoms with Gasteiger partial charge in [-0.15, -0.1) is 0 Å². The molecule has 5 nitrogen and oxygen atoms in total. The van der Waals surface area contributed by atoms with Gasteiger partial charge in [0.15, 0.2) is 0 Å². The van der Waals surface area contributed by atoms with Crippen LogP contribution in [0.15, 0.2) is 84.9 Å². The first-order chi connectivity index (χ1) is 18.2. The van der Waals surface area contributed by atoms with Crippen LogP contribution in [0.25, 0.3) is 0 Å².